The summed E-state index contributed by atoms with van der Waals surface area (Å²) in [5, 5.41) is 11.0. The zero-order chi connectivity index (χ0) is 16.9. The van der Waals surface area contributed by atoms with Crippen LogP contribution in [0.2, 0.25) is 0 Å². The molecule has 2 saturated heterocycles. The van der Waals surface area contributed by atoms with Crippen molar-refractivity contribution in [1.29, 1.82) is 0 Å². The van der Waals surface area contributed by atoms with E-state index in [0.29, 0.717) is 12.3 Å². The lowest BCUT2D eigenvalue weighted by atomic mass is 10.1. The lowest BCUT2D eigenvalue weighted by molar-refractivity contribution is -0.384. The average molecular weight is 334 g/mol. The van der Waals surface area contributed by atoms with Crippen molar-refractivity contribution >= 4 is 17.3 Å². The number of hydrogen-bond donors (Lipinski definition) is 0. The number of non-ortho nitro benzene ring substituents is 1. The van der Waals surface area contributed by atoms with Gasteiger partial charge in [-0.05, 0) is 38.2 Å². The second-order valence-corrected chi connectivity index (χ2v) is 6.24. The van der Waals surface area contributed by atoms with Gasteiger partial charge in [-0.15, -0.1) is 0 Å². The van der Waals surface area contributed by atoms with E-state index in [1.807, 2.05) is 0 Å². The monoisotopic (exact) mass is 334 g/mol. The Kier molecular flexibility index (Phi) is 5.30. The maximum atomic E-state index is 12.5. The van der Waals surface area contributed by atoms with Gasteiger partial charge < -0.3 is 14.4 Å². The number of nitrogens with zero attached hydrogens (tertiary/aromatic N) is 2. The summed E-state index contributed by atoms with van der Waals surface area (Å²) in [6.07, 6.45) is 5.02. The number of esters is 1. The van der Waals surface area contributed by atoms with E-state index in [2.05, 4.69) is 4.90 Å². The number of anilines is 1. The van der Waals surface area contributed by atoms with Crippen LogP contribution in [-0.4, -0.2) is 43.3 Å². The van der Waals surface area contributed by atoms with Crippen molar-refractivity contribution in [1.82, 2.24) is 0 Å². The molecule has 0 radical (unpaired) electrons. The lowest BCUT2D eigenvalue weighted by Crippen LogP contribution is -2.27. The first-order valence-electron chi connectivity index (χ1n) is 8.47. The minimum Gasteiger partial charge on any atom is -0.459 e. The molecule has 1 atom stereocenters. The van der Waals surface area contributed by atoms with Crippen molar-refractivity contribution in [3.63, 3.8) is 0 Å². The largest absolute Gasteiger partial charge is 0.459 e. The summed E-state index contributed by atoms with van der Waals surface area (Å²) in [7, 11) is 0. The summed E-state index contributed by atoms with van der Waals surface area (Å²) < 4.78 is 10.9. The van der Waals surface area contributed by atoms with Gasteiger partial charge in [-0.3, -0.25) is 10.1 Å². The van der Waals surface area contributed by atoms with Gasteiger partial charge >= 0.3 is 5.97 Å². The summed E-state index contributed by atoms with van der Waals surface area (Å²) in [6, 6.07) is 4.41. The molecule has 7 nitrogen and oxygen atoms in total. The predicted molar refractivity (Wildman–Crippen MR) is 88.4 cm³/mol. The first-order valence-corrected chi connectivity index (χ1v) is 8.47. The highest BCUT2D eigenvalue weighted by atomic mass is 16.6. The van der Waals surface area contributed by atoms with Crippen molar-refractivity contribution in [2.45, 2.75) is 38.2 Å². The quantitative estimate of drug-likeness (QED) is 0.468. The van der Waals surface area contributed by atoms with Crippen molar-refractivity contribution in [3.05, 3.63) is 33.9 Å². The van der Waals surface area contributed by atoms with Crippen LogP contribution in [0.3, 0.4) is 0 Å². The van der Waals surface area contributed by atoms with E-state index in [-0.39, 0.29) is 24.0 Å². The molecule has 2 aliphatic heterocycles. The summed E-state index contributed by atoms with van der Waals surface area (Å²) in [5.74, 6) is -0.519. The number of nitro groups is 1. The van der Waals surface area contributed by atoms with Crippen LogP contribution in [0.5, 0.6) is 0 Å². The van der Waals surface area contributed by atoms with E-state index in [4.69, 9.17) is 9.47 Å². The number of hydrogen-bond acceptors (Lipinski definition) is 6. The fraction of sp³-hybridized carbons (Fsp3) is 0.588. The van der Waals surface area contributed by atoms with Crippen molar-refractivity contribution in [3.8, 4) is 0 Å². The zero-order valence-corrected chi connectivity index (χ0v) is 13.6. The third-order valence-corrected chi connectivity index (χ3v) is 4.53. The van der Waals surface area contributed by atoms with Gasteiger partial charge in [0.15, 0.2) is 0 Å². The third kappa shape index (κ3) is 3.84. The molecule has 0 N–H and O–H groups in total. The second kappa shape index (κ2) is 7.61. The van der Waals surface area contributed by atoms with Gasteiger partial charge in [-0.2, -0.15) is 0 Å². The molecular weight excluding hydrogens is 312 g/mol. The molecule has 0 bridgehead atoms. The summed E-state index contributed by atoms with van der Waals surface area (Å²) in [4.78, 5) is 25.1. The fourth-order valence-electron chi connectivity index (χ4n) is 3.22. The molecule has 2 fully saturated rings. The van der Waals surface area contributed by atoms with Gasteiger partial charge in [0, 0.05) is 31.8 Å². The molecule has 7 heteroatoms. The van der Waals surface area contributed by atoms with Crippen LogP contribution < -0.4 is 4.90 Å². The van der Waals surface area contributed by atoms with E-state index in [0.717, 1.165) is 45.2 Å². The molecule has 0 amide bonds. The molecule has 1 aromatic rings. The van der Waals surface area contributed by atoms with Crippen LogP contribution in [0.4, 0.5) is 11.4 Å². The molecule has 0 spiro atoms. The van der Waals surface area contributed by atoms with Crippen molar-refractivity contribution in [2.24, 2.45) is 0 Å². The molecule has 1 aromatic carbocycles. The molecule has 3 rings (SSSR count). The van der Waals surface area contributed by atoms with E-state index in [1.165, 1.54) is 12.1 Å². The minimum absolute atomic E-state index is 0.0726. The van der Waals surface area contributed by atoms with Gasteiger partial charge in [-0.1, -0.05) is 0 Å². The molecular formula is C17H22N2O5. The molecule has 0 aromatic heterocycles. The van der Waals surface area contributed by atoms with Crippen molar-refractivity contribution in [2.75, 3.05) is 31.2 Å². The van der Waals surface area contributed by atoms with Gasteiger partial charge in [0.2, 0.25) is 0 Å². The molecule has 0 saturated carbocycles. The maximum Gasteiger partial charge on any atom is 0.340 e. The van der Waals surface area contributed by atoms with Crippen molar-refractivity contribution < 1.29 is 19.2 Å². The number of nitro benzene ring substituents is 1. The van der Waals surface area contributed by atoms with E-state index < -0.39 is 10.9 Å². The number of carbonyl (C=O) groups is 1. The van der Waals surface area contributed by atoms with Crippen LogP contribution in [0, 0.1) is 10.1 Å². The van der Waals surface area contributed by atoms with E-state index in [1.54, 1.807) is 6.07 Å². The van der Waals surface area contributed by atoms with Gasteiger partial charge in [-0.25, -0.2) is 4.79 Å². The minimum atomic E-state index is -0.519. The maximum absolute atomic E-state index is 12.5. The van der Waals surface area contributed by atoms with E-state index in [9.17, 15) is 14.9 Å². The predicted octanol–water partition coefficient (Wildman–Crippen LogP) is 2.92. The summed E-state index contributed by atoms with van der Waals surface area (Å²) in [5.41, 5.74) is 0.883. The smallest absolute Gasteiger partial charge is 0.340 e. The second-order valence-electron chi connectivity index (χ2n) is 6.24. The highest BCUT2D eigenvalue weighted by Gasteiger charge is 2.24. The Morgan fingerprint density at radius 2 is 2.08 bits per heavy atom. The normalized spacial score (nSPS) is 20.8. The highest BCUT2D eigenvalue weighted by Crippen LogP contribution is 2.29. The number of ether oxygens (including phenoxy) is 2. The van der Waals surface area contributed by atoms with E-state index >= 15 is 0 Å². The lowest BCUT2D eigenvalue weighted by Gasteiger charge is -2.23. The first kappa shape index (κ1) is 16.7. The third-order valence-electron chi connectivity index (χ3n) is 4.53. The average Bonchev–Trinajstić information content (AvgIpc) is 3.14. The van der Waals surface area contributed by atoms with Crippen LogP contribution in [-0.2, 0) is 9.47 Å². The Labute approximate surface area is 140 Å². The topological polar surface area (TPSA) is 81.9 Å². The molecule has 0 unspecified atom stereocenters. The summed E-state index contributed by atoms with van der Waals surface area (Å²) in [6.45, 7) is 2.59. The Bertz CT molecular complexity index is 607. The molecule has 0 aliphatic carbocycles. The van der Waals surface area contributed by atoms with Crippen LogP contribution in [0.1, 0.15) is 42.5 Å². The molecule has 2 aliphatic rings. The Morgan fingerprint density at radius 3 is 2.75 bits per heavy atom. The Morgan fingerprint density at radius 1 is 1.29 bits per heavy atom. The molecule has 2 heterocycles. The standard InChI is InChI=1S/C17H22N2O5/c20-17(24-12-14-5-1-4-10-23-14)15-11-13(19(21)22)6-7-16(15)18-8-2-3-9-18/h6-7,11,14H,1-5,8-10,12H2/t14-/m0/s1. The molecule has 24 heavy (non-hydrogen) atoms. The Hall–Kier alpha value is -2.15. The van der Waals surface area contributed by atoms with Gasteiger partial charge in [0.25, 0.3) is 5.69 Å². The number of carbonyl (C=O) groups excluding carboxylic acids is 1. The number of benzene rings is 1. The van der Waals surface area contributed by atoms with Crippen LogP contribution in [0.25, 0.3) is 0 Å². The SMILES string of the molecule is O=C(OC[C@@H]1CCCCO1)c1cc([N+](=O)[O-])ccc1N1CCCC1. The number of rotatable bonds is 5. The fourth-order valence-corrected chi connectivity index (χ4v) is 3.22. The van der Waals surface area contributed by atoms with Gasteiger partial charge in [0.05, 0.1) is 22.3 Å². The first-order chi connectivity index (χ1) is 11.6. The summed E-state index contributed by atoms with van der Waals surface area (Å²) >= 11 is 0. The van der Waals surface area contributed by atoms with Crippen LogP contribution >= 0.6 is 0 Å². The Balaban J connectivity index is 1.76. The van der Waals surface area contributed by atoms with Gasteiger partial charge in [0.1, 0.15) is 6.61 Å². The highest BCUT2D eigenvalue weighted by molar-refractivity contribution is 5.96. The zero-order valence-electron chi connectivity index (χ0n) is 13.6. The van der Waals surface area contributed by atoms with Crippen LogP contribution in [0.15, 0.2) is 18.2 Å². The molecule has 130 valence electrons.